The summed E-state index contributed by atoms with van der Waals surface area (Å²) in [5.74, 6) is 0.357. The first-order chi connectivity index (χ1) is 13.2. The monoisotopic (exact) mass is 394 g/mol. The fourth-order valence-electron chi connectivity index (χ4n) is 2.54. The number of benzene rings is 2. The molecule has 0 saturated heterocycles. The molecule has 0 saturated carbocycles. The van der Waals surface area contributed by atoms with Crippen LogP contribution in [0.15, 0.2) is 69.8 Å². The lowest BCUT2D eigenvalue weighted by Gasteiger charge is -2.03. The van der Waals surface area contributed by atoms with Gasteiger partial charge in [-0.25, -0.2) is 0 Å². The van der Waals surface area contributed by atoms with Crippen LogP contribution in [-0.2, 0) is 5.75 Å². The van der Waals surface area contributed by atoms with Crippen molar-refractivity contribution in [2.75, 3.05) is 5.32 Å². The molecule has 2 aromatic heterocycles. The van der Waals surface area contributed by atoms with Crippen LogP contribution in [0.1, 0.15) is 16.1 Å². The number of fused-ring (bicyclic) bond motifs is 1. The lowest BCUT2D eigenvalue weighted by molar-refractivity contribution is 0.102. The SMILES string of the molecule is O=C(Nc1nnc(SCc2ccccc2)s1)c1cc2ccccc2c(=O)[nH]1. The number of rotatable bonds is 5. The van der Waals surface area contributed by atoms with Crippen molar-refractivity contribution in [3.05, 3.63) is 82.3 Å². The van der Waals surface area contributed by atoms with Crippen molar-refractivity contribution in [2.45, 2.75) is 10.1 Å². The molecule has 0 fully saturated rings. The van der Waals surface area contributed by atoms with Gasteiger partial charge in [0.05, 0.1) is 0 Å². The Hall–Kier alpha value is -2.97. The largest absolute Gasteiger partial charge is 0.317 e. The van der Waals surface area contributed by atoms with E-state index in [1.54, 1.807) is 36.0 Å². The number of nitrogens with zero attached hydrogens (tertiary/aromatic N) is 2. The molecular formula is C19H14N4O2S2. The molecule has 2 N–H and O–H groups in total. The highest BCUT2D eigenvalue weighted by Gasteiger charge is 2.13. The van der Waals surface area contributed by atoms with E-state index in [-0.39, 0.29) is 11.3 Å². The first-order valence-electron chi connectivity index (χ1n) is 8.13. The van der Waals surface area contributed by atoms with Crippen molar-refractivity contribution in [3.8, 4) is 0 Å². The molecule has 0 atom stereocenters. The molecule has 0 aliphatic rings. The van der Waals surface area contributed by atoms with Crippen LogP contribution in [0.5, 0.6) is 0 Å². The van der Waals surface area contributed by atoms with E-state index in [1.165, 1.54) is 16.9 Å². The molecule has 0 bridgehead atoms. The smallest absolute Gasteiger partial charge is 0.274 e. The standard InChI is InChI=1S/C19H14N4O2S2/c24-16-14-9-5-4-8-13(14)10-15(20-16)17(25)21-18-22-23-19(27-18)26-11-12-6-2-1-3-7-12/h1-10H,11H2,(H,20,24)(H,21,22,25). The van der Waals surface area contributed by atoms with Gasteiger partial charge >= 0.3 is 0 Å². The molecule has 6 nitrogen and oxygen atoms in total. The molecule has 1 amide bonds. The minimum absolute atomic E-state index is 0.187. The van der Waals surface area contributed by atoms with Gasteiger partial charge in [-0.1, -0.05) is 71.6 Å². The first-order valence-corrected chi connectivity index (χ1v) is 9.93. The van der Waals surface area contributed by atoms with Gasteiger partial charge in [0.1, 0.15) is 5.69 Å². The van der Waals surface area contributed by atoms with Gasteiger partial charge in [0, 0.05) is 11.1 Å². The number of anilines is 1. The minimum Gasteiger partial charge on any atom is -0.317 e. The van der Waals surface area contributed by atoms with E-state index in [0.717, 1.165) is 10.1 Å². The second kappa shape index (κ2) is 7.73. The number of aromatic amines is 1. The summed E-state index contributed by atoms with van der Waals surface area (Å²) in [5.41, 5.74) is 1.08. The molecule has 4 rings (SSSR count). The minimum atomic E-state index is -0.423. The number of thioether (sulfide) groups is 1. The van der Waals surface area contributed by atoms with E-state index in [0.29, 0.717) is 15.9 Å². The van der Waals surface area contributed by atoms with E-state index < -0.39 is 5.91 Å². The predicted octanol–water partition coefficient (Wildman–Crippen LogP) is 3.92. The average Bonchev–Trinajstić information content (AvgIpc) is 3.14. The van der Waals surface area contributed by atoms with E-state index in [9.17, 15) is 9.59 Å². The Bertz CT molecular complexity index is 1160. The van der Waals surface area contributed by atoms with Gasteiger partial charge in [-0.15, -0.1) is 10.2 Å². The molecule has 0 spiro atoms. The van der Waals surface area contributed by atoms with Crippen LogP contribution >= 0.6 is 23.1 Å². The zero-order valence-electron chi connectivity index (χ0n) is 14.0. The Kier molecular flexibility index (Phi) is 4.99. The van der Waals surface area contributed by atoms with Gasteiger partial charge in [-0.2, -0.15) is 0 Å². The highest BCUT2D eigenvalue weighted by molar-refractivity contribution is 8.00. The summed E-state index contributed by atoms with van der Waals surface area (Å²) in [5, 5.41) is 12.4. The molecule has 0 aliphatic carbocycles. The van der Waals surface area contributed by atoms with Crippen LogP contribution in [-0.4, -0.2) is 21.1 Å². The summed E-state index contributed by atoms with van der Waals surface area (Å²) in [6.07, 6.45) is 0. The van der Waals surface area contributed by atoms with Crippen molar-refractivity contribution in [3.63, 3.8) is 0 Å². The Balaban J connectivity index is 1.46. The number of hydrogen-bond donors (Lipinski definition) is 2. The van der Waals surface area contributed by atoms with Crippen LogP contribution in [0.4, 0.5) is 5.13 Å². The quantitative estimate of drug-likeness (QED) is 0.396. The van der Waals surface area contributed by atoms with Crippen LogP contribution < -0.4 is 10.9 Å². The number of hydrogen-bond acceptors (Lipinski definition) is 6. The van der Waals surface area contributed by atoms with Crippen molar-refractivity contribution in [1.29, 1.82) is 0 Å². The summed E-state index contributed by atoms with van der Waals surface area (Å²) in [6.45, 7) is 0. The van der Waals surface area contributed by atoms with E-state index in [1.807, 2.05) is 36.4 Å². The van der Waals surface area contributed by atoms with Gasteiger partial charge in [-0.3, -0.25) is 14.9 Å². The van der Waals surface area contributed by atoms with E-state index >= 15 is 0 Å². The number of pyridine rings is 1. The number of carbonyl (C=O) groups excluding carboxylic acids is 1. The summed E-state index contributed by atoms with van der Waals surface area (Å²) in [7, 11) is 0. The highest BCUT2D eigenvalue weighted by atomic mass is 32.2. The topological polar surface area (TPSA) is 87.7 Å². The molecule has 2 heterocycles. The summed E-state index contributed by atoms with van der Waals surface area (Å²) in [4.78, 5) is 27.2. The van der Waals surface area contributed by atoms with E-state index in [2.05, 4.69) is 20.5 Å². The van der Waals surface area contributed by atoms with E-state index in [4.69, 9.17) is 0 Å². The normalized spacial score (nSPS) is 10.8. The third-order valence-corrected chi connectivity index (χ3v) is 5.87. The first kappa shape index (κ1) is 17.4. The maximum Gasteiger partial charge on any atom is 0.274 e. The molecule has 2 aromatic carbocycles. The fraction of sp³-hybridized carbons (Fsp3) is 0.0526. The van der Waals surface area contributed by atoms with Crippen LogP contribution in [0.2, 0.25) is 0 Å². The Labute approximate surface area is 162 Å². The third kappa shape index (κ3) is 4.07. The average molecular weight is 394 g/mol. The lowest BCUT2D eigenvalue weighted by atomic mass is 10.1. The summed E-state index contributed by atoms with van der Waals surface area (Å²) < 4.78 is 0.765. The Morgan fingerprint density at radius 1 is 1.07 bits per heavy atom. The van der Waals surface area contributed by atoms with Crippen LogP contribution in [0, 0.1) is 0 Å². The van der Waals surface area contributed by atoms with Gasteiger partial charge in [0.25, 0.3) is 11.5 Å². The molecular weight excluding hydrogens is 380 g/mol. The zero-order valence-corrected chi connectivity index (χ0v) is 15.6. The fourth-order valence-corrected chi connectivity index (χ4v) is 4.24. The highest BCUT2D eigenvalue weighted by Crippen LogP contribution is 2.28. The maximum atomic E-state index is 12.4. The molecule has 0 radical (unpaired) electrons. The molecule has 134 valence electrons. The number of nitrogens with one attached hydrogen (secondary N) is 2. The maximum absolute atomic E-state index is 12.4. The molecule has 4 aromatic rings. The molecule has 27 heavy (non-hydrogen) atoms. The van der Waals surface area contributed by atoms with Gasteiger partial charge in [0.2, 0.25) is 5.13 Å². The summed E-state index contributed by atoms with van der Waals surface area (Å²) in [6, 6.07) is 18.8. The Morgan fingerprint density at radius 2 is 1.85 bits per heavy atom. The zero-order chi connectivity index (χ0) is 18.6. The lowest BCUT2D eigenvalue weighted by Crippen LogP contribution is -2.18. The molecule has 0 unspecified atom stereocenters. The number of H-pyrrole nitrogens is 1. The van der Waals surface area contributed by atoms with Crippen molar-refractivity contribution in [1.82, 2.24) is 15.2 Å². The Morgan fingerprint density at radius 3 is 2.70 bits per heavy atom. The second-order valence-electron chi connectivity index (χ2n) is 5.70. The van der Waals surface area contributed by atoms with Gasteiger partial charge in [-0.05, 0) is 23.1 Å². The molecule has 8 heteroatoms. The molecule has 0 aliphatic heterocycles. The predicted molar refractivity (Wildman–Crippen MR) is 108 cm³/mol. The number of amides is 1. The van der Waals surface area contributed by atoms with Gasteiger partial charge < -0.3 is 4.98 Å². The number of carbonyl (C=O) groups is 1. The van der Waals surface area contributed by atoms with Crippen LogP contribution in [0.25, 0.3) is 10.8 Å². The van der Waals surface area contributed by atoms with Crippen molar-refractivity contribution in [2.24, 2.45) is 0 Å². The second-order valence-corrected chi connectivity index (χ2v) is 7.90. The number of aromatic nitrogens is 3. The third-order valence-electron chi connectivity index (χ3n) is 3.83. The van der Waals surface area contributed by atoms with Crippen molar-refractivity contribution >= 4 is 44.9 Å². The summed E-state index contributed by atoms with van der Waals surface area (Å²) >= 11 is 2.86. The van der Waals surface area contributed by atoms with Crippen molar-refractivity contribution < 1.29 is 4.79 Å². The van der Waals surface area contributed by atoms with Crippen LogP contribution in [0.3, 0.4) is 0 Å². The van der Waals surface area contributed by atoms with Gasteiger partial charge in [0.15, 0.2) is 4.34 Å².